The second-order valence-electron chi connectivity index (χ2n) is 4.28. The van der Waals surface area contributed by atoms with Crippen LogP contribution in [-0.4, -0.2) is 35.0 Å². The lowest BCUT2D eigenvalue weighted by Gasteiger charge is -2.23. The van der Waals surface area contributed by atoms with E-state index in [9.17, 15) is 9.90 Å². The molecule has 0 heterocycles. The van der Waals surface area contributed by atoms with Crippen molar-refractivity contribution in [3.8, 4) is 5.75 Å². The molecule has 0 aliphatic rings. The fourth-order valence-electron chi connectivity index (χ4n) is 1.78. The molecule has 0 fully saturated rings. The Hall–Kier alpha value is -1.55. The summed E-state index contributed by atoms with van der Waals surface area (Å²) in [4.78, 5) is 13.8. The Balaban J connectivity index is 2.47. The minimum absolute atomic E-state index is 0.124. The largest absolute Gasteiger partial charge is 0.508 e. The molecular formula is C14H22N2O2. The average molecular weight is 250 g/mol. The maximum Gasteiger partial charge on any atom is 0.239 e. The van der Waals surface area contributed by atoms with Crippen molar-refractivity contribution in [3.63, 3.8) is 0 Å². The van der Waals surface area contributed by atoms with E-state index in [2.05, 4.69) is 5.32 Å². The fraction of sp³-hybridized carbons (Fsp3) is 0.500. The quantitative estimate of drug-likeness (QED) is 0.808. The van der Waals surface area contributed by atoms with E-state index in [0.717, 1.165) is 18.7 Å². The van der Waals surface area contributed by atoms with Crippen molar-refractivity contribution >= 4 is 5.91 Å². The first kappa shape index (κ1) is 14.5. The number of amides is 1. The van der Waals surface area contributed by atoms with Crippen molar-refractivity contribution in [2.45, 2.75) is 33.4 Å². The summed E-state index contributed by atoms with van der Waals surface area (Å²) in [5.74, 6) is 0.379. The molecule has 0 aromatic heterocycles. The first-order valence-corrected chi connectivity index (χ1v) is 6.38. The average Bonchev–Trinajstić information content (AvgIpc) is 2.39. The van der Waals surface area contributed by atoms with Crippen LogP contribution in [0.15, 0.2) is 24.3 Å². The molecule has 18 heavy (non-hydrogen) atoms. The van der Waals surface area contributed by atoms with Crippen molar-refractivity contribution in [1.29, 1.82) is 0 Å². The second kappa shape index (κ2) is 7.01. The minimum Gasteiger partial charge on any atom is -0.508 e. The number of rotatable bonds is 6. The zero-order chi connectivity index (χ0) is 13.5. The monoisotopic (exact) mass is 250 g/mol. The predicted octanol–water partition coefficient (Wildman–Crippen LogP) is 1.74. The van der Waals surface area contributed by atoms with Gasteiger partial charge in [-0.2, -0.15) is 0 Å². The summed E-state index contributed by atoms with van der Waals surface area (Å²) >= 11 is 0. The van der Waals surface area contributed by atoms with E-state index in [1.165, 1.54) is 0 Å². The molecule has 0 spiro atoms. The lowest BCUT2D eigenvalue weighted by Crippen LogP contribution is -2.44. The Kier molecular flexibility index (Phi) is 5.65. The summed E-state index contributed by atoms with van der Waals surface area (Å²) in [6.45, 7) is 7.93. The Labute approximate surface area is 109 Å². The highest BCUT2D eigenvalue weighted by molar-refractivity contribution is 5.81. The maximum atomic E-state index is 12.0. The molecule has 1 atom stereocenters. The zero-order valence-corrected chi connectivity index (χ0v) is 11.3. The number of nitrogens with one attached hydrogen (secondary N) is 1. The van der Waals surface area contributed by atoms with Crippen molar-refractivity contribution in [2.75, 3.05) is 13.1 Å². The van der Waals surface area contributed by atoms with Crippen LogP contribution in [0.2, 0.25) is 0 Å². The minimum atomic E-state index is -0.196. The van der Waals surface area contributed by atoms with Crippen LogP contribution in [0.1, 0.15) is 26.3 Å². The number of carbonyl (C=O) groups excluding carboxylic acids is 1. The standard InChI is InChI=1S/C14H22N2O2/c1-4-16(5-2)14(18)11(3)15-10-12-6-8-13(17)9-7-12/h6-9,11,15,17H,4-5,10H2,1-3H3. The first-order valence-electron chi connectivity index (χ1n) is 6.38. The van der Waals surface area contributed by atoms with E-state index < -0.39 is 0 Å². The highest BCUT2D eigenvalue weighted by atomic mass is 16.3. The molecular weight excluding hydrogens is 228 g/mol. The number of phenols is 1. The van der Waals surface area contributed by atoms with Crippen LogP contribution in [0.25, 0.3) is 0 Å². The number of aromatic hydroxyl groups is 1. The normalized spacial score (nSPS) is 12.2. The van der Waals surface area contributed by atoms with E-state index in [1.54, 1.807) is 12.1 Å². The highest BCUT2D eigenvalue weighted by Gasteiger charge is 2.17. The van der Waals surface area contributed by atoms with Crippen LogP contribution in [0.5, 0.6) is 5.75 Å². The van der Waals surface area contributed by atoms with Crippen LogP contribution in [0, 0.1) is 0 Å². The molecule has 100 valence electrons. The summed E-state index contributed by atoms with van der Waals surface area (Å²) in [6, 6.07) is 6.79. The van der Waals surface area contributed by atoms with Gasteiger partial charge in [0.1, 0.15) is 5.75 Å². The van der Waals surface area contributed by atoms with Gasteiger partial charge in [0, 0.05) is 19.6 Å². The zero-order valence-electron chi connectivity index (χ0n) is 11.3. The second-order valence-corrected chi connectivity index (χ2v) is 4.28. The van der Waals surface area contributed by atoms with E-state index in [4.69, 9.17) is 0 Å². The van der Waals surface area contributed by atoms with Gasteiger partial charge in [0.2, 0.25) is 5.91 Å². The summed E-state index contributed by atoms with van der Waals surface area (Å²) in [7, 11) is 0. The highest BCUT2D eigenvalue weighted by Crippen LogP contribution is 2.09. The summed E-state index contributed by atoms with van der Waals surface area (Å²) in [5, 5.41) is 12.4. The Bertz CT molecular complexity index is 372. The molecule has 1 aromatic rings. The van der Waals surface area contributed by atoms with Crippen molar-refractivity contribution < 1.29 is 9.90 Å². The van der Waals surface area contributed by atoms with Crippen LogP contribution in [-0.2, 0) is 11.3 Å². The van der Waals surface area contributed by atoms with Crippen LogP contribution < -0.4 is 5.32 Å². The van der Waals surface area contributed by atoms with Gasteiger partial charge in [-0.3, -0.25) is 4.79 Å². The van der Waals surface area contributed by atoms with Gasteiger partial charge in [0.25, 0.3) is 0 Å². The SMILES string of the molecule is CCN(CC)C(=O)C(C)NCc1ccc(O)cc1. The topological polar surface area (TPSA) is 52.6 Å². The maximum absolute atomic E-state index is 12.0. The molecule has 1 unspecified atom stereocenters. The van der Waals surface area contributed by atoms with Crippen LogP contribution in [0.4, 0.5) is 0 Å². The van der Waals surface area contributed by atoms with E-state index in [0.29, 0.717) is 6.54 Å². The smallest absolute Gasteiger partial charge is 0.239 e. The Morgan fingerprint density at radius 1 is 1.28 bits per heavy atom. The third-order valence-electron chi connectivity index (χ3n) is 2.99. The third kappa shape index (κ3) is 4.04. The van der Waals surface area contributed by atoms with Crippen molar-refractivity contribution in [2.24, 2.45) is 0 Å². The lowest BCUT2D eigenvalue weighted by molar-refractivity contribution is -0.132. The van der Waals surface area contributed by atoms with E-state index in [1.807, 2.05) is 37.8 Å². The van der Waals surface area contributed by atoms with Gasteiger partial charge in [0.15, 0.2) is 0 Å². The summed E-state index contributed by atoms with van der Waals surface area (Å²) in [5.41, 5.74) is 1.05. The predicted molar refractivity (Wildman–Crippen MR) is 72.3 cm³/mol. The fourth-order valence-corrected chi connectivity index (χ4v) is 1.78. The van der Waals surface area contributed by atoms with E-state index >= 15 is 0 Å². The number of benzene rings is 1. The number of hydrogen-bond donors (Lipinski definition) is 2. The van der Waals surface area contributed by atoms with Crippen LogP contribution >= 0.6 is 0 Å². The molecule has 0 saturated carbocycles. The van der Waals surface area contributed by atoms with Gasteiger partial charge in [-0.15, -0.1) is 0 Å². The molecule has 2 N–H and O–H groups in total. The number of hydrogen-bond acceptors (Lipinski definition) is 3. The molecule has 0 saturated heterocycles. The Morgan fingerprint density at radius 2 is 1.83 bits per heavy atom. The number of phenolic OH excluding ortho intramolecular Hbond substituents is 1. The molecule has 0 bridgehead atoms. The molecule has 0 aliphatic heterocycles. The Morgan fingerprint density at radius 3 is 2.33 bits per heavy atom. The van der Waals surface area contributed by atoms with Gasteiger partial charge in [-0.25, -0.2) is 0 Å². The number of likely N-dealkylation sites (N-methyl/N-ethyl adjacent to an activating group) is 1. The van der Waals surface area contributed by atoms with Crippen molar-refractivity contribution in [3.05, 3.63) is 29.8 Å². The van der Waals surface area contributed by atoms with Crippen LogP contribution in [0.3, 0.4) is 0 Å². The number of nitrogens with zero attached hydrogens (tertiary/aromatic N) is 1. The van der Waals surface area contributed by atoms with E-state index in [-0.39, 0.29) is 17.7 Å². The first-order chi connectivity index (χ1) is 8.58. The van der Waals surface area contributed by atoms with Gasteiger partial charge in [-0.1, -0.05) is 12.1 Å². The number of carbonyl (C=O) groups is 1. The molecule has 0 radical (unpaired) electrons. The van der Waals surface area contributed by atoms with Gasteiger partial charge in [-0.05, 0) is 38.5 Å². The van der Waals surface area contributed by atoms with Gasteiger partial charge in [0.05, 0.1) is 6.04 Å². The molecule has 1 amide bonds. The molecule has 4 nitrogen and oxygen atoms in total. The summed E-state index contributed by atoms with van der Waals surface area (Å²) < 4.78 is 0. The van der Waals surface area contributed by atoms with Gasteiger partial charge < -0.3 is 15.3 Å². The molecule has 4 heteroatoms. The molecule has 1 aromatic carbocycles. The van der Waals surface area contributed by atoms with Gasteiger partial charge >= 0.3 is 0 Å². The summed E-state index contributed by atoms with van der Waals surface area (Å²) in [6.07, 6.45) is 0. The lowest BCUT2D eigenvalue weighted by atomic mass is 10.2. The molecule has 0 aliphatic carbocycles. The van der Waals surface area contributed by atoms with Crippen molar-refractivity contribution in [1.82, 2.24) is 10.2 Å². The third-order valence-corrected chi connectivity index (χ3v) is 2.99. The molecule has 1 rings (SSSR count).